The second kappa shape index (κ2) is 5.10. The van der Waals surface area contributed by atoms with E-state index >= 15 is 0 Å². The maximum absolute atomic E-state index is 3.84. The molecule has 1 N–H and O–H groups in total. The highest BCUT2D eigenvalue weighted by molar-refractivity contribution is 5.16. The molecule has 0 unspecified atom stereocenters. The summed E-state index contributed by atoms with van der Waals surface area (Å²) in [5.74, 6) is 0. The van der Waals surface area contributed by atoms with Gasteiger partial charge in [-0.2, -0.15) is 0 Å². The predicted molar refractivity (Wildman–Crippen MR) is 46.9 cm³/mol. The van der Waals surface area contributed by atoms with E-state index in [1.807, 2.05) is 0 Å². The van der Waals surface area contributed by atoms with Gasteiger partial charge in [0.05, 0.1) is 0 Å². The van der Waals surface area contributed by atoms with Crippen LogP contribution in [-0.4, -0.2) is 6.54 Å². The van der Waals surface area contributed by atoms with Crippen LogP contribution in [0, 0.1) is 0 Å². The molecular formula is C9H17N. The quantitative estimate of drug-likeness (QED) is 0.590. The van der Waals surface area contributed by atoms with Gasteiger partial charge in [0, 0.05) is 12.2 Å². The van der Waals surface area contributed by atoms with Crippen LogP contribution in [0.15, 0.2) is 23.9 Å². The van der Waals surface area contributed by atoms with Crippen LogP contribution in [0.3, 0.4) is 0 Å². The summed E-state index contributed by atoms with van der Waals surface area (Å²) >= 11 is 0. The van der Waals surface area contributed by atoms with Crippen LogP contribution in [0.25, 0.3) is 0 Å². The van der Waals surface area contributed by atoms with E-state index < -0.39 is 0 Å². The molecule has 0 saturated heterocycles. The van der Waals surface area contributed by atoms with Gasteiger partial charge in [-0.1, -0.05) is 19.1 Å². The molecule has 58 valence electrons. The second-order valence-corrected chi connectivity index (χ2v) is 2.67. The number of rotatable bonds is 4. The van der Waals surface area contributed by atoms with Gasteiger partial charge in [0.15, 0.2) is 0 Å². The van der Waals surface area contributed by atoms with Crippen molar-refractivity contribution in [3.63, 3.8) is 0 Å². The molecule has 0 bridgehead atoms. The maximum atomic E-state index is 3.84. The Morgan fingerprint density at radius 2 is 2.10 bits per heavy atom. The number of hydrogen-bond acceptors (Lipinski definition) is 1. The average Bonchev–Trinajstić information content (AvgIpc) is 1.82. The monoisotopic (exact) mass is 139 g/mol. The first-order valence-corrected chi connectivity index (χ1v) is 3.74. The molecule has 0 amide bonds. The van der Waals surface area contributed by atoms with E-state index in [2.05, 4.69) is 38.7 Å². The van der Waals surface area contributed by atoms with Gasteiger partial charge in [0.2, 0.25) is 0 Å². The lowest BCUT2D eigenvalue weighted by atomic mass is 10.3. The van der Waals surface area contributed by atoms with E-state index in [1.54, 1.807) is 0 Å². The van der Waals surface area contributed by atoms with Crippen LogP contribution in [0.1, 0.15) is 27.2 Å². The third-order valence-electron chi connectivity index (χ3n) is 1.06. The Kier molecular flexibility index (Phi) is 4.73. The molecule has 1 heteroatoms. The van der Waals surface area contributed by atoms with Gasteiger partial charge in [-0.25, -0.2) is 0 Å². The summed E-state index contributed by atoms with van der Waals surface area (Å²) in [5.41, 5.74) is 2.30. The fourth-order valence-electron chi connectivity index (χ4n) is 0.685. The van der Waals surface area contributed by atoms with Crippen molar-refractivity contribution < 1.29 is 0 Å². The van der Waals surface area contributed by atoms with Crippen LogP contribution in [-0.2, 0) is 0 Å². The topological polar surface area (TPSA) is 12.0 Å². The lowest BCUT2D eigenvalue weighted by Gasteiger charge is -2.02. The van der Waals surface area contributed by atoms with Crippen LogP contribution in [0.2, 0.25) is 0 Å². The molecule has 0 aromatic rings. The van der Waals surface area contributed by atoms with Crippen molar-refractivity contribution in [2.24, 2.45) is 0 Å². The zero-order chi connectivity index (χ0) is 7.98. The highest BCUT2D eigenvalue weighted by Gasteiger charge is 1.84. The molecule has 0 radical (unpaired) electrons. The van der Waals surface area contributed by atoms with E-state index in [4.69, 9.17) is 0 Å². The van der Waals surface area contributed by atoms with E-state index in [0.29, 0.717) is 0 Å². The minimum atomic E-state index is 1.02. The van der Waals surface area contributed by atoms with Crippen molar-refractivity contribution in [1.29, 1.82) is 0 Å². The standard InChI is InChI=1S/C9H17N/c1-5-6-10-9(4)7-8(2)3/h7,10H,4-6H2,1-3H3. The molecular weight excluding hydrogens is 122 g/mol. The predicted octanol–water partition coefficient (Wildman–Crippen LogP) is 2.47. The summed E-state index contributed by atoms with van der Waals surface area (Å²) in [4.78, 5) is 0. The summed E-state index contributed by atoms with van der Waals surface area (Å²) in [5, 5.41) is 3.19. The Hall–Kier alpha value is -0.720. The zero-order valence-corrected chi connectivity index (χ0v) is 7.20. The first-order valence-electron chi connectivity index (χ1n) is 3.74. The normalized spacial score (nSPS) is 8.70. The zero-order valence-electron chi connectivity index (χ0n) is 7.20. The lowest BCUT2D eigenvalue weighted by Crippen LogP contribution is -2.11. The molecule has 0 aliphatic carbocycles. The molecule has 0 aromatic carbocycles. The molecule has 0 aliphatic rings. The van der Waals surface area contributed by atoms with Gasteiger partial charge in [0.25, 0.3) is 0 Å². The highest BCUT2D eigenvalue weighted by atomic mass is 14.9. The van der Waals surface area contributed by atoms with Gasteiger partial charge in [0.1, 0.15) is 0 Å². The van der Waals surface area contributed by atoms with Crippen molar-refractivity contribution in [2.45, 2.75) is 27.2 Å². The van der Waals surface area contributed by atoms with Gasteiger partial charge < -0.3 is 5.32 Å². The Bertz CT molecular complexity index is 130. The third kappa shape index (κ3) is 5.42. The first-order chi connectivity index (χ1) is 4.66. The fraction of sp³-hybridized carbons (Fsp3) is 0.556. The summed E-state index contributed by atoms with van der Waals surface area (Å²) in [7, 11) is 0. The maximum Gasteiger partial charge on any atom is 0.0266 e. The van der Waals surface area contributed by atoms with Crippen molar-refractivity contribution >= 4 is 0 Å². The van der Waals surface area contributed by atoms with E-state index in [9.17, 15) is 0 Å². The molecule has 0 rings (SSSR count). The van der Waals surface area contributed by atoms with Crippen LogP contribution in [0.4, 0.5) is 0 Å². The van der Waals surface area contributed by atoms with Crippen molar-refractivity contribution in [1.82, 2.24) is 5.32 Å². The second-order valence-electron chi connectivity index (χ2n) is 2.67. The molecule has 0 aromatic heterocycles. The third-order valence-corrected chi connectivity index (χ3v) is 1.06. The first kappa shape index (κ1) is 9.28. The van der Waals surface area contributed by atoms with Gasteiger partial charge in [-0.05, 0) is 26.3 Å². The van der Waals surface area contributed by atoms with Gasteiger partial charge >= 0.3 is 0 Å². The minimum Gasteiger partial charge on any atom is -0.386 e. The molecule has 0 aliphatic heterocycles. The summed E-state index contributed by atoms with van der Waals surface area (Å²) < 4.78 is 0. The Labute approximate surface area is 63.8 Å². The number of allylic oxidation sites excluding steroid dienone is 2. The van der Waals surface area contributed by atoms with Crippen LogP contribution < -0.4 is 5.32 Å². The Balaban J connectivity index is 3.54. The minimum absolute atomic E-state index is 1.02. The molecule has 10 heavy (non-hydrogen) atoms. The number of nitrogens with one attached hydrogen (secondary N) is 1. The van der Waals surface area contributed by atoms with Crippen LogP contribution in [0.5, 0.6) is 0 Å². The Morgan fingerprint density at radius 1 is 1.50 bits per heavy atom. The largest absolute Gasteiger partial charge is 0.386 e. The lowest BCUT2D eigenvalue weighted by molar-refractivity contribution is 0.785. The van der Waals surface area contributed by atoms with E-state index in [0.717, 1.165) is 18.7 Å². The van der Waals surface area contributed by atoms with E-state index in [-0.39, 0.29) is 0 Å². The molecule has 0 atom stereocenters. The molecule has 0 saturated carbocycles. The summed E-state index contributed by atoms with van der Waals surface area (Å²) in [6, 6.07) is 0. The fourth-order valence-corrected chi connectivity index (χ4v) is 0.685. The molecule has 1 nitrogen and oxygen atoms in total. The van der Waals surface area contributed by atoms with E-state index in [1.165, 1.54) is 5.57 Å². The smallest absolute Gasteiger partial charge is 0.0266 e. The highest BCUT2D eigenvalue weighted by Crippen LogP contribution is 1.94. The van der Waals surface area contributed by atoms with Crippen molar-refractivity contribution in [3.8, 4) is 0 Å². The summed E-state index contributed by atoms with van der Waals surface area (Å²) in [6.07, 6.45) is 3.20. The average molecular weight is 139 g/mol. The summed E-state index contributed by atoms with van der Waals surface area (Å²) in [6.45, 7) is 11.1. The van der Waals surface area contributed by atoms with Gasteiger partial charge in [-0.3, -0.25) is 0 Å². The molecule has 0 spiro atoms. The molecule has 0 heterocycles. The van der Waals surface area contributed by atoms with Gasteiger partial charge in [-0.15, -0.1) is 0 Å². The number of hydrogen-bond donors (Lipinski definition) is 1. The van der Waals surface area contributed by atoms with Crippen molar-refractivity contribution in [3.05, 3.63) is 23.9 Å². The SMILES string of the molecule is C=C(C=C(C)C)NCCC. The van der Waals surface area contributed by atoms with Crippen molar-refractivity contribution in [2.75, 3.05) is 6.54 Å². The van der Waals surface area contributed by atoms with Crippen LogP contribution >= 0.6 is 0 Å². The Morgan fingerprint density at radius 3 is 2.50 bits per heavy atom. The molecule has 0 fully saturated rings.